The average Bonchev–Trinajstić information content (AvgIpc) is 3.16. The summed E-state index contributed by atoms with van der Waals surface area (Å²) in [7, 11) is -3.51. The molecule has 3 aromatic carbocycles. The van der Waals surface area contributed by atoms with Crippen LogP contribution in [0.2, 0.25) is 0 Å². The van der Waals surface area contributed by atoms with E-state index in [0.717, 1.165) is 21.0 Å². The maximum absolute atomic E-state index is 13.1. The van der Waals surface area contributed by atoms with Gasteiger partial charge in [0.15, 0.2) is 0 Å². The lowest BCUT2D eigenvalue weighted by atomic mass is 10.1. The number of para-hydroxylation sites is 1. The van der Waals surface area contributed by atoms with Crippen LogP contribution in [0.3, 0.4) is 0 Å². The summed E-state index contributed by atoms with van der Waals surface area (Å²) in [6.07, 6.45) is 1.30. The number of benzene rings is 3. The Kier molecular flexibility index (Phi) is 4.73. The number of hydrogen-bond donors (Lipinski definition) is 0. The highest BCUT2D eigenvalue weighted by Gasteiger charge is 2.30. The van der Waals surface area contributed by atoms with Crippen LogP contribution in [0.5, 0.6) is 5.19 Å². The molecule has 0 atom stereocenters. The van der Waals surface area contributed by atoms with Gasteiger partial charge in [-0.25, -0.2) is 13.4 Å². The number of aromatic nitrogens is 1. The fourth-order valence-electron chi connectivity index (χ4n) is 3.71. The predicted molar refractivity (Wildman–Crippen MR) is 116 cm³/mol. The second-order valence-corrected chi connectivity index (χ2v) is 10.1. The van der Waals surface area contributed by atoms with Gasteiger partial charge >= 0.3 is 0 Å². The van der Waals surface area contributed by atoms with Crippen molar-refractivity contribution in [2.75, 3.05) is 13.1 Å². The van der Waals surface area contributed by atoms with Gasteiger partial charge in [0.2, 0.25) is 10.0 Å². The number of fused-ring (bicyclic) bond motifs is 2. The molecule has 1 aliphatic rings. The van der Waals surface area contributed by atoms with Crippen molar-refractivity contribution in [2.24, 2.45) is 0 Å². The second-order valence-electron chi connectivity index (χ2n) is 7.18. The fraction of sp³-hybridized carbons (Fsp3) is 0.227. The highest BCUT2D eigenvalue weighted by molar-refractivity contribution is 7.89. The van der Waals surface area contributed by atoms with Gasteiger partial charge in [0.05, 0.1) is 15.1 Å². The summed E-state index contributed by atoms with van der Waals surface area (Å²) in [5.41, 5.74) is 0.934. The first-order chi connectivity index (χ1) is 14.1. The Labute approximate surface area is 173 Å². The second kappa shape index (κ2) is 7.40. The van der Waals surface area contributed by atoms with E-state index in [1.165, 1.54) is 11.3 Å². The number of hydrogen-bond acceptors (Lipinski definition) is 5. The highest BCUT2D eigenvalue weighted by Crippen LogP contribution is 2.30. The molecule has 0 amide bonds. The lowest BCUT2D eigenvalue weighted by Gasteiger charge is -2.30. The molecule has 1 aliphatic heterocycles. The van der Waals surface area contributed by atoms with Gasteiger partial charge in [0.25, 0.3) is 5.19 Å². The Morgan fingerprint density at radius 1 is 0.931 bits per heavy atom. The Bertz CT molecular complexity index is 1240. The molecule has 0 radical (unpaired) electrons. The molecule has 0 saturated carbocycles. The molecular weight excluding hydrogens is 404 g/mol. The Morgan fingerprint density at radius 3 is 2.45 bits per heavy atom. The van der Waals surface area contributed by atoms with Crippen molar-refractivity contribution < 1.29 is 13.2 Å². The first kappa shape index (κ1) is 18.5. The van der Waals surface area contributed by atoms with E-state index < -0.39 is 10.0 Å². The van der Waals surface area contributed by atoms with E-state index in [1.54, 1.807) is 16.4 Å². The summed E-state index contributed by atoms with van der Waals surface area (Å²) in [6, 6.07) is 21.1. The van der Waals surface area contributed by atoms with Crippen LogP contribution in [0.4, 0.5) is 0 Å². The monoisotopic (exact) mass is 424 g/mol. The normalized spacial score (nSPS) is 16.4. The number of nitrogens with zero attached hydrogens (tertiary/aromatic N) is 2. The SMILES string of the molecule is O=S(=O)(c1ccc2ccccc2c1)N1CCC(Oc2nc3ccccc3s2)CC1. The zero-order chi connectivity index (χ0) is 19.8. The Balaban J connectivity index is 1.28. The summed E-state index contributed by atoms with van der Waals surface area (Å²) >= 11 is 1.53. The van der Waals surface area contributed by atoms with Gasteiger partial charge < -0.3 is 4.74 Å². The van der Waals surface area contributed by atoms with Crippen LogP contribution in [0.15, 0.2) is 71.6 Å². The minimum absolute atomic E-state index is 0.0152. The van der Waals surface area contributed by atoms with Crippen LogP contribution >= 0.6 is 11.3 Å². The molecule has 2 heterocycles. The average molecular weight is 425 g/mol. The van der Waals surface area contributed by atoms with Gasteiger partial charge in [-0.2, -0.15) is 4.31 Å². The van der Waals surface area contributed by atoms with Crippen molar-refractivity contribution in [3.05, 3.63) is 66.7 Å². The van der Waals surface area contributed by atoms with Crippen molar-refractivity contribution in [1.82, 2.24) is 9.29 Å². The summed E-state index contributed by atoms with van der Waals surface area (Å²) in [4.78, 5) is 4.86. The van der Waals surface area contributed by atoms with Gasteiger partial charge in [-0.05, 0) is 47.9 Å². The van der Waals surface area contributed by atoms with E-state index in [0.29, 0.717) is 36.0 Å². The minimum Gasteiger partial charge on any atom is -0.467 e. The topological polar surface area (TPSA) is 59.5 Å². The molecule has 0 N–H and O–H groups in total. The van der Waals surface area contributed by atoms with Gasteiger partial charge in [-0.15, -0.1) is 0 Å². The number of rotatable bonds is 4. The molecule has 0 bridgehead atoms. The molecule has 4 aromatic rings. The molecule has 5 rings (SSSR count). The number of thiazole rings is 1. The summed E-state index contributed by atoms with van der Waals surface area (Å²) in [5, 5.41) is 2.62. The van der Waals surface area contributed by atoms with E-state index in [1.807, 2.05) is 54.6 Å². The fourth-order valence-corrected chi connectivity index (χ4v) is 6.10. The zero-order valence-corrected chi connectivity index (χ0v) is 17.3. The summed E-state index contributed by atoms with van der Waals surface area (Å²) in [6.45, 7) is 0.898. The van der Waals surface area contributed by atoms with Crippen LogP contribution in [0.1, 0.15) is 12.8 Å². The van der Waals surface area contributed by atoms with Crippen LogP contribution in [0.25, 0.3) is 21.0 Å². The van der Waals surface area contributed by atoms with E-state index >= 15 is 0 Å². The van der Waals surface area contributed by atoms with Crippen LogP contribution in [0, 0.1) is 0 Å². The van der Waals surface area contributed by atoms with E-state index in [2.05, 4.69) is 4.98 Å². The molecule has 1 aromatic heterocycles. The quantitative estimate of drug-likeness (QED) is 0.477. The standard InChI is InChI=1S/C22H20N2O3S2/c25-29(26,19-10-9-16-5-1-2-6-17(16)15-19)24-13-11-18(12-14-24)27-22-23-20-7-3-4-8-21(20)28-22/h1-10,15,18H,11-14H2. The minimum atomic E-state index is -3.51. The maximum atomic E-state index is 13.1. The largest absolute Gasteiger partial charge is 0.467 e. The first-order valence-electron chi connectivity index (χ1n) is 9.61. The third kappa shape index (κ3) is 3.61. The van der Waals surface area contributed by atoms with E-state index in [4.69, 9.17) is 4.74 Å². The molecular formula is C22H20N2O3S2. The lowest BCUT2D eigenvalue weighted by molar-refractivity contribution is 0.135. The molecule has 1 fully saturated rings. The Hall–Kier alpha value is -2.48. The number of piperidine rings is 1. The molecule has 5 nitrogen and oxygen atoms in total. The van der Waals surface area contributed by atoms with Gasteiger partial charge in [-0.3, -0.25) is 0 Å². The third-order valence-corrected chi connectivity index (χ3v) is 8.12. The lowest BCUT2D eigenvalue weighted by Crippen LogP contribution is -2.41. The molecule has 7 heteroatoms. The molecule has 29 heavy (non-hydrogen) atoms. The van der Waals surface area contributed by atoms with Gasteiger partial charge in [0, 0.05) is 13.1 Å². The van der Waals surface area contributed by atoms with Crippen LogP contribution in [-0.2, 0) is 10.0 Å². The van der Waals surface area contributed by atoms with E-state index in [9.17, 15) is 8.42 Å². The molecule has 148 valence electrons. The summed E-state index contributed by atoms with van der Waals surface area (Å²) in [5.74, 6) is 0. The van der Waals surface area contributed by atoms with Crippen LogP contribution in [-0.4, -0.2) is 36.9 Å². The first-order valence-corrected chi connectivity index (χ1v) is 11.9. The van der Waals surface area contributed by atoms with Crippen molar-refractivity contribution in [1.29, 1.82) is 0 Å². The highest BCUT2D eigenvalue weighted by atomic mass is 32.2. The smallest absolute Gasteiger partial charge is 0.274 e. The van der Waals surface area contributed by atoms with Gasteiger partial charge in [-0.1, -0.05) is 53.8 Å². The number of ether oxygens (including phenoxy) is 1. The summed E-state index contributed by atoms with van der Waals surface area (Å²) < 4.78 is 34.9. The van der Waals surface area contributed by atoms with Crippen molar-refractivity contribution in [2.45, 2.75) is 23.8 Å². The van der Waals surface area contributed by atoms with Crippen molar-refractivity contribution >= 4 is 42.3 Å². The van der Waals surface area contributed by atoms with Crippen molar-refractivity contribution in [3.8, 4) is 5.19 Å². The maximum Gasteiger partial charge on any atom is 0.274 e. The Morgan fingerprint density at radius 2 is 1.66 bits per heavy atom. The molecule has 0 aliphatic carbocycles. The predicted octanol–water partition coefficient (Wildman–Crippen LogP) is 4.68. The zero-order valence-electron chi connectivity index (χ0n) is 15.7. The van der Waals surface area contributed by atoms with Crippen LogP contribution < -0.4 is 4.74 Å². The van der Waals surface area contributed by atoms with E-state index in [-0.39, 0.29) is 6.10 Å². The van der Waals surface area contributed by atoms with Gasteiger partial charge in [0.1, 0.15) is 6.10 Å². The molecule has 1 saturated heterocycles. The molecule has 0 spiro atoms. The molecule has 0 unspecified atom stereocenters. The van der Waals surface area contributed by atoms with Crippen molar-refractivity contribution in [3.63, 3.8) is 0 Å². The third-order valence-electron chi connectivity index (χ3n) is 5.30. The number of sulfonamides is 1.